The molecule has 0 bridgehead atoms. The molecule has 5 nitrogen and oxygen atoms in total. The van der Waals surface area contributed by atoms with Gasteiger partial charge in [0.05, 0.1) is 0 Å². The number of carbonyl (C=O) groups is 1. The molecule has 104 valence electrons. The van der Waals surface area contributed by atoms with Gasteiger partial charge in [-0.3, -0.25) is 9.48 Å². The molecule has 20 heavy (non-hydrogen) atoms. The van der Waals surface area contributed by atoms with Crippen molar-refractivity contribution in [3.63, 3.8) is 0 Å². The maximum atomic E-state index is 12.0. The predicted octanol–water partition coefficient (Wildman–Crippen LogP) is 1.75. The van der Waals surface area contributed by atoms with Crippen molar-refractivity contribution in [2.24, 2.45) is 7.05 Å². The molecule has 1 amide bonds. The van der Waals surface area contributed by atoms with E-state index < -0.39 is 0 Å². The van der Waals surface area contributed by atoms with Crippen LogP contribution in [0.5, 0.6) is 0 Å². The number of carbonyl (C=O) groups excluding carboxylic acids is 1. The average molecular weight is 270 g/mol. The minimum Gasteiger partial charge on any atom is -0.384 e. The summed E-state index contributed by atoms with van der Waals surface area (Å²) in [6.45, 7) is 1.62. The summed E-state index contributed by atoms with van der Waals surface area (Å²) in [5.41, 5.74) is 3.16. The molecular weight excluding hydrogens is 252 g/mol. The van der Waals surface area contributed by atoms with E-state index in [0.29, 0.717) is 18.2 Å². The van der Waals surface area contributed by atoms with E-state index in [9.17, 15) is 4.79 Å². The monoisotopic (exact) mass is 270 g/mol. The second-order valence-electron chi connectivity index (χ2n) is 5.05. The van der Waals surface area contributed by atoms with Gasteiger partial charge in [-0.1, -0.05) is 18.2 Å². The molecule has 3 rings (SSSR count). The first-order valence-corrected chi connectivity index (χ1v) is 6.84. The summed E-state index contributed by atoms with van der Waals surface area (Å²) < 4.78 is 1.59. The van der Waals surface area contributed by atoms with Crippen LogP contribution < -0.4 is 10.6 Å². The molecule has 0 aliphatic carbocycles. The summed E-state index contributed by atoms with van der Waals surface area (Å²) in [5.74, 6) is 0.405. The summed E-state index contributed by atoms with van der Waals surface area (Å²) in [4.78, 5) is 12.0. The smallest absolute Gasteiger partial charge is 0.269 e. The van der Waals surface area contributed by atoms with E-state index in [4.69, 9.17) is 0 Å². The molecule has 1 atom stereocenters. The van der Waals surface area contributed by atoms with Gasteiger partial charge >= 0.3 is 0 Å². The van der Waals surface area contributed by atoms with Gasteiger partial charge in [-0.15, -0.1) is 0 Å². The maximum Gasteiger partial charge on any atom is 0.269 e. The Kier molecular flexibility index (Phi) is 3.41. The van der Waals surface area contributed by atoms with Crippen LogP contribution >= 0.6 is 0 Å². The first kappa shape index (κ1) is 12.7. The van der Waals surface area contributed by atoms with Gasteiger partial charge in [-0.05, 0) is 24.1 Å². The lowest BCUT2D eigenvalue weighted by Gasteiger charge is -2.11. The van der Waals surface area contributed by atoms with E-state index >= 15 is 0 Å². The van der Waals surface area contributed by atoms with E-state index in [1.165, 1.54) is 11.3 Å². The summed E-state index contributed by atoms with van der Waals surface area (Å²) >= 11 is 0. The summed E-state index contributed by atoms with van der Waals surface area (Å²) in [5, 5.41) is 10.4. The second kappa shape index (κ2) is 5.36. The molecule has 0 radical (unpaired) electrons. The number of hydrogen-bond donors (Lipinski definition) is 2. The number of hydrogen-bond acceptors (Lipinski definition) is 3. The molecule has 0 saturated heterocycles. The first-order valence-electron chi connectivity index (χ1n) is 6.84. The molecule has 1 aromatic heterocycles. The Balaban J connectivity index is 1.54. The third-order valence-corrected chi connectivity index (χ3v) is 3.77. The van der Waals surface area contributed by atoms with Crippen LogP contribution in [0.2, 0.25) is 0 Å². The van der Waals surface area contributed by atoms with E-state index in [0.717, 1.165) is 13.0 Å². The predicted molar refractivity (Wildman–Crippen MR) is 77.8 cm³/mol. The number of nitrogens with one attached hydrogen (secondary N) is 2. The molecule has 2 aromatic rings. The van der Waals surface area contributed by atoms with Crippen LogP contribution in [0.4, 0.5) is 5.69 Å². The summed E-state index contributed by atoms with van der Waals surface area (Å²) in [6, 6.07) is 10.1. The fourth-order valence-corrected chi connectivity index (χ4v) is 2.66. The average Bonchev–Trinajstić information content (AvgIpc) is 3.05. The van der Waals surface area contributed by atoms with Gasteiger partial charge in [-0.25, -0.2) is 0 Å². The molecule has 5 heteroatoms. The maximum absolute atomic E-state index is 12.0. The van der Waals surface area contributed by atoms with Crippen molar-refractivity contribution in [2.75, 3.05) is 18.4 Å². The number of aryl methyl sites for hydroxylation is 1. The molecule has 0 fully saturated rings. The Bertz CT molecular complexity index is 620. The standard InChI is InChI=1S/C15H18N4O/c1-19-14(7-9-18-19)15(20)16-8-6-11-10-17-13-5-3-2-4-12(11)13/h2-5,7,9,11,17H,6,8,10H2,1H3,(H,16,20). The third-order valence-electron chi connectivity index (χ3n) is 3.77. The molecule has 0 saturated carbocycles. The Hall–Kier alpha value is -2.30. The van der Waals surface area contributed by atoms with Crippen LogP contribution in [-0.2, 0) is 7.05 Å². The van der Waals surface area contributed by atoms with Crippen LogP contribution in [0, 0.1) is 0 Å². The normalized spacial score (nSPS) is 16.6. The molecular formula is C15H18N4O. The van der Waals surface area contributed by atoms with Crippen LogP contribution in [0.1, 0.15) is 28.4 Å². The number of fused-ring (bicyclic) bond motifs is 1. The van der Waals surface area contributed by atoms with Gasteiger partial charge in [0.15, 0.2) is 0 Å². The van der Waals surface area contributed by atoms with Crippen molar-refractivity contribution < 1.29 is 4.79 Å². The van der Waals surface area contributed by atoms with Gasteiger partial charge in [0.25, 0.3) is 5.91 Å². The molecule has 1 unspecified atom stereocenters. The zero-order valence-corrected chi connectivity index (χ0v) is 11.5. The van der Waals surface area contributed by atoms with Crippen LogP contribution in [0.25, 0.3) is 0 Å². The number of rotatable bonds is 4. The molecule has 1 aliphatic rings. The molecule has 2 heterocycles. The second-order valence-corrected chi connectivity index (χ2v) is 5.05. The number of amides is 1. The van der Waals surface area contributed by atoms with E-state index in [1.807, 2.05) is 6.07 Å². The minimum atomic E-state index is -0.0655. The lowest BCUT2D eigenvalue weighted by atomic mass is 9.98. The van der Waals surface area contributed by atoms with Gasteiger partial charge in [0.1, 0.15) is 5.69 Å². The van der Waals surface area contributed by atoms with Crippen LogP contribution in [0.3, 0.4) is 0 Å². The fraction of sp³-hybridized carbons (Fsp3) is 0.333. The lowest BCUT2D eigenvalue weighted by Crippen LogP contribution is -2.27. The Morgan fingerprint density at radius 2 is 2.30 bits per heavy atom. The van der Waals surface area contributed by atoms with Gasteiger partial charge < -0.3 is 10.6 Å². The Morgan fingerprint density at radius 1 is 1.45 bits per heavy atom. The molecule has 1 aromatic carbocycles. The fourth-order valence-electron chi connectivity index (χ4n) is 2.66. The lowest BCUT2D eigenvalue weighted by molar-refractivity contribution is 0.0943. The number of anilines is 1. The van der Waals surface area contributed by atoms with Crippen molar-refractivity contribution in [1.82, 2.24) is 15.1 Å². The molecule has 0 spiro atoms. The molecule has 1 aliphatic heterocycles. The van der Waals surface area contributed by atoms with Crippen LogP contribution in [-0.4, -0.2) is 28.8 Å². The summed E-state index contributed by atoms with van der Waals surface area (Å²) in [7, 11) is 1.77. The summed E-state index contributed by atoms with van der Waals surface area (Å²) in [6.07, 6.45) is 2.57. The van der Waals surface area contributed by atoms with Gasteiger partial charge in [0, 0.05) is 37.9 Å². The van der Waals surface area contributed by atoms with Crippen molar-refractivity contribution in [1.29, 1.82) is 0 Å². The third kappa shape index (κ3) is 2.39. The van der Waals surface area contributed by atoms with Gasteiger partial charge in [0.2, 0.25) is 0 Å². The highest BCUT2D eigenvalue weighted by Gasteiger charge is 2.21. The van der Waals surface area contributed by atoms with E-state index in [-0.39, 0.29) is 5.91 Å². The highest BCUT2D eigenvalue weighted by Crippen LogP contribution is 2.32. The van der Waals surface area contributed by atoms with E-state index in [1.54, 1.807) is 24.0 Å². The number of aromatic nitrogens is 2. The largest absolute Gasteiger partial charge is 0.384 e. The van der Waals surface area contributed by atoms with Crippen LogP contribution in [0.15, 0.2) is 36.5 Å². The first-order chi connectivity index (χ1) is 9.75. The number of nitrogens with zero attached hydrogens (tertiary/aromatic N) is 2. The Morgan fingerprint density at radius 3 is 3.10 bits per heavy atom. The van der Waals surface area contributed by atoms with Gasteiger partial charge in [-0.2, -0.15) is 5.10 Å². The number of benzene rings is 1. The SMILES string of the molecule is Cn1nccc1C(=O)NCCC1CNc2ccccc21. The zero-order valence-electron chi connectivity index (χ0n) is 11.5. The molecule has 2 N–H and O–H groups in total. The highest BCUT2D eigenvalue weighted by molar-refractivity contribution is 5.92. The zero-order chi connectivity index (χ0) is 13.9. The number of para-hydroxylation sites is 1. The van der Waals surface area contributed by atoms with E-state index in [2.05, 4.69) is 33.9 Å². The van der Waals surface area contributed by atoms with Crippen molar-refractivity contribution in [3.05, 3.63) is 47.8 Å². The van der Waals surface area contributed by atoms with Crippen molar-refractivity contribution in [3.8, 4) is 0 Å². The van der Waals surface area contributed by atoms with Crippen molar-refractivity contribution in [2.45, 2.75) is 12.3 Å². The Labute approximate surface area is 118 Å². The minimum absolute atomic E-state index is 0.0655. The topological polar surface area (TPSA) is 59.0 Å². The van der Waals surface area contributed by atoms with Crippen molar-refractivity contribution >= 4 is 11.6 Å². The highest BCUT2D eigenvalue weighted by atomic mass is 16.2. The quantitative estimate of drug-likeness (QED) is 0.890.